The Morgan fingerprint density at radius 3 is 1.60 bits per heavy atom. The SMILES string of the molecule is c1csc(-c2cc(-c3ccc4c5ccccc5c5ccccc5c4c3)cc(N3c4ccccc4Oc4ccccc43)c2)c1. The highest BCUT2D eigenvalue weighted by atomic mass is 32.1. The Labute approximate surface area is 253 Å². The van der Waals surface area contributed by atoms with Gasteiger partial charge in [-0.2, -0.15) is 0 Å². The zero-order valence-electron chi connectivity index (χ0n) is 23.2. The summed E-state index contributed by atoms with van der Waals surface area (Å²) in [5, 5.41) is 9.86. The van der Waals surface area contributed by atoms with E-state index in [4.69, 9.17) is 4.74 Å². The van der Waals surface area contributed by atoms with Gasteiger partial charge in [0, 0.05) is 10.6 Å². The van der Waals surface area contributed by atoms with Crippen LogP contribution in [0.3, 0.4) is 0 Å². The van der Waals surface area contributed by atoms with E-state index in [-0.39, 0.29) is 0 Å². The molecule has 0 saturated heterocycles. The van der Waals surface area contributed by atoms with Crippen molar-refractivity contribution in [1.82, 2.24) is 0 Å². The van der Waals surface area contributed by atoms with Crippen LogP contribution in [0.15, 0.2) is 151 Å². The molecule has 1 aliphatic rings. The summed E-state index contributed by atoms with van der Waals surface area (Å²) in [6, 6.07) is 52.3. The number of fused-ring (bicyclic) bond motifs is 8. The van der Waals surface area contributed by atoms with E-state index in [1.165, 1.54) is 53.9 Å². The number of benzene rings is 7. The molecule has 0 amide bonds. The van der Waals surface area contributed by atoms with Gasteiger partial charge in [0.2, 0.25) is 0 Å². The summed E-state index contributed by atoms with van der Waals surface area (Å²) in [7, 11) is 0. The smallest absolute Gasteiger partial charge is 0.151 e. The maximum atomic E-state index is 6.33. The molecule has 1 aliphatic heterocycles. The van der Waals surface area contributed by atoms with Crippen molar-refractivity contribution in [2.75, 3.05) is 4.90 Å². The van der Waals surface area contributed by atoms with E-state index in [9.17, 15) is 0 Å². The van der Waals surface area contributed by atoms with Gasteiger partial charge in [-0.3, -0.25) is 0 Å². The Morgan fingerprint density at radius 1 is 0.419 bits per heavy atom. The van der Waals surface area contributed by atoms with Crippen LogP contribution in [-0.4, -0.2) is 0 Å². The number of hydrogen-bond acceptors (Lipinski definition) is 3. The minimum Gasteiger partial charge on any atom is -0.453 e. The molecule has 202 valence electrons. The lowest BCUT2D eigenvalue weighted by molar-refractivity contribution is 0.477. The van der Waals surface area contributed by atoms with Crippen LogP contribution in [0.2, 0.25) is 0 Å². The Morgan fingerprint density at radius 2 is 0.977 bits per heavy atom. The largest absolute Gasteiger partial charge is 0.453 e. The zero-order valence-corrected chi connectivity index (χ0v) is 24.0. The predicted molar refractivity (Wildman–Crippen MR) is 182 cm³/mol. The molecule has 0 unspecified atom stereocenters. The molecule has 43 heavy (non-hydrogen) atoms. The van der Waals surface area contributed by atoms with Gasteiger partial charge in [-0.1, -0.05) is 91.0 Å². The van der Waals surface area contributed by atoms with Crippen LogP contribution in [-0.2, 0) is 0 Å². The fourth-order valence-electron chi connectivity index (χ4n) is 6.56. The minimum absolute atomic E-state index is 0.855. The summed E-state index contributed by atoms with van der Waals surface area (Å²) in [6.07, 6.45) is 0. The molecule has 0 saturated carbocycles. The van der Waals surface area contributed by atoms with Crippen molar-refractivity contribution in [3.63, 3.8) is 0 Å². The quantitative estimate of drug-likeness (QED) is 0.197. The third kappa shape index (κ3) is 3.86. The Balaban J connectivity index is 1.31. The van der Waals surface area contributed by atoms with Crippen molar-refractivity contribution in [2.45, 2.75) is 0 Å². The molecular weight excluding hydrogens is 543 g/mol. The van der Waals surface area contributed by atoms with Crippen LogP contribution in [0.4, 0.5) is 17.1 Å². The Kier molecular flexibility index (Phi) is 5.40. The zero-order chi connectivity index (χ0) is 28.3. The molecule has 9 rings (SSSR count). The summed E-state index contributed by atoms with van der Waals surface area (Å²) >= 11 is 1.77. The van der Waals surface area contributed by atoms with Crippen molar-refractivity contribution < 1.29 is 4.74 Å². The fourth-order valence-corrected chi connectivity index (χ4v) is 7.28. The lowest BCUT2D eigenvalue weighted by Gasteiger charge is -2.33. The van der Waals surface area contributed by atoms with Crippen LogP contribution >= 0.6 is 11.3 Å². The maximum absolute atomic E-state index is 6.33. The van der Waals surface area contributed by atoms with Crippen molar-refractivity contribution in [2.24, 2.45) is 0 Å². The van der Waals surface area contributed by atoms with Gasteiger partial charge in [-0.15, -0.1) is 11.3 Å². The molecule has 3 heteroatoms. The van der Waals surface area contributed by atoms with Gasteiger partial charge in [0.25, 0.3) is 0 Å². The first-order valence-electron chi connectivity index (χ1n) is 14.5. The molecule has 0 aliphatic carbocycles. The molecule has 8 aromatic rings. The second kappa shape index (κ2) is 9.59. The lowest BCUT2D eigenvalue weighted by Crippen LogP contribution is -2.15. The maximum Gasteiger partial charge on any atom is 0.151 e. The van der Waals surface area contributed by atoms with E-state index in [0.29, 0.717) is 0 Å². The van der Waals surface area contributed by atoms with Gasteiger partial charge in [0.1, 0.15) is 0 Å². The van der Waals surface area contributed by atoms with Crippen molar-refractivity contribution in [1.29, 1.82) is 0 Å². The third-order valence-electron chi connectivity index (χ3n) is 8.49. The summed E-state index contributed by atoms with van der Waals surface area (Å²) < 4.78 is 6.33. The number of thiophene rings is 1. The summed E-state index contributed by atoms with van der Waals surface area (Å²) in [5.41, 5.74) is 6.75. The van der Waals surface area contributed by atoms with Gasteiger partial charge >= 0.3 is 0 Å². The minimum atomic E-state index is 0.855. The monoisotopic (exact) mass is 567 g/mol. The van der Waals surface area contributed by atoms with E-state index < -0.39 is 0 Å². The summed E-state index contributed by atoms with van der Waals surface area (Å²) in [5.74, 6) is 1.71. The molecule has 7 aromatic carbocycles. The Bertz CT molecular complexity index is 2260. The van der Waals surface area contributed by atoms with Crippen LogP contribution in [0.25, 0.3) is 53.9 Å². The van der Waals surface area contributed by atoms with Gasteiger partial charge in [-0.25, -0.2) is 0 Å². The summed E-state index contributed by atoms with van der Waals surface area (Å²) in [6.45, 7) is 0. The van der Waals surface area contributed by atoms with Gasteiger partial charge in [-0.05, 0) is 109 Å². The molecule has 2 heterocycles. The number of nitrogens with zero attached hydrogens (tertiary/aromatic N) is 1. The molecule has 0 N–H and O–H groups in total. The number of para-hydroxylation sites is 4. The number of rotatable bonds is 3. The third-order valence-corrected chi connectivity index (χ3v) is 9.41. The van der Waals surface area contributed by atoms with Crippen LogP contribution in [0.5, 0.6) is 11.5 Å². The standard InChI is InChI=1S/C40H25NOS/c1-2-12-32-30(10-1)31-11-3-4-13-33(31)35-25-26(19-20-34(32)35)27-22-28(40-18-9-21-43-40)24-29(23-27)41-36-14-5-7-16-38(36)42-39-17-8-6-15-37(39)41/h1-25H. The fraction of sp³-hybridized carbons (Fsp3) is 0. The molecule has 0 spiro atoms. The molecule has 1 aromatic heterocycles. The second-order valence-electron chi connectivity index (χ2n) is 11.0. The van der Waals surface area contributed by atoms with Crippen LogP contribution in [0, 0.1) is 0 Å². The normalized spacial score (nSPS) is 12.3. The first-order chi connectivity index (χ1) is 21.3. The van der Waals surface area contributed by atoms with E-state index in [1.807, 2.05) is 24.3 Å². The second-order valence-corrected chi connectivity index (χ2v) is 11.9. The van der Waals surface area contributed by atoms with E-state index >= 15 is 0 Å². The molecule has 0 atom stereocenters. The molecule has 0 bridgehead atoms. The first-order valence-corrected chi connectivity index (χ1v) is 15.4. The van der Waals surface area contributed by atoms with Crippen LogP contribution in [0.1, 0.15) is 0 Å². The Hall–Kier alpha value is -5.38. The molecule has 0 fully saturated rings. The van der Waals surface area contributed by atoms with Crippen molar-refractivity contribution in [3.8, 4) is 33.1 Å². The van der Waals surface area contributed by atoms with E-state index in [2.05, 4.69) is 132 Å². The number of hydrogen-bond donors (Lipinski definition) is 0. The predicted octanol–water partition coefficient (Wildman–Crippen LogP) is 12.1. The van der Waals surface area contributed by atoms with Gasteiger partial charge in [0.15, 0.2) is 11.5 Å². The van der Waals surface area contributed by atoms with E-state index in [0.717, 1.165) is 28.6 Å². The lowest BCUT2D eigenvalue weighted by atomic mass is 9.91. The topological polar surface area (TPSA) is 12.5 Å². The van der Waals surface area contributed by atoms with Gasteiger partial charge in [0.05, 0.1) is 11.4 Å². The highest BCUT2D eigenvalue weighted by Crippen LogP contribution is 2.51. The highest BCUT2D eigenvalue weighted by Gasteiger charge is 2.26. The average molecular weight is 568 g/mol. The number of anilines is 3. The summed E-state index contributed by atoms with van der Waals surface area (Å²) in [4.78, 5) is 3.58. The van der Waals surface area contributed by atoms with Gasteiger partial charge < -0.3 is 9.64 Å². The van der Waals surface area contributed by atoms with Crippen molar-refractivity contribution in [3.05, 3.63) is 151 Å². The first kappa shape index (κ1) is 24.2. The van der Waals surface area contributed by atoms with Crippen molar-refractivity contribution >= 4 is 60.7 Å². The van der Waals surface area contributed by atoms with Crippen LogP contribution < -0.4 is 9.64 Å². The molecule has 0 radical (unpaired) electrons. The molecule has 2 nitrogen and oxygen atoms in total. The highest BCUT2D eigenvalue weighted by molar-refractivity contribution is 7.13. The number of ether oxygens (including phenoxy) is 1. The average Bonchev–Trinajstić information content (AvgIpc) is 3.62. The molecular formula is C40H25NOS. The van der Waals surface area contributed by atoms with E-state index in [1.54, 1.807) is 11.3 Å².